The molecule has 0 spiro atoms. The third kappa shape index (κ3) is 5.01. The molecule has 1 atom stereocenters. The number of hydrogen-bond acceptors (Lipinski definition) is 4. The van der Waals surface area contributed by atoms with E-state index in [0.717, 1.165) is 24.8 Å². The van der Waals surface area contributed by atoms with Gasteiger partial charge >= 0.3 is 12.1 Å². The number of halogens is 4. The Balaban J connectivity index is 2.14. The van der Waals surface area contributed by atoms with E-state index in [0.29, 0.717) is 0 Å². The van der Waals surface area contributed by atoms with Crippen LogP contribution in [0, 0.1) is 12.7 Å². The van der Waals surface area contributed by atoms with Crippen LogP contribution in [0.1, 0.15) is 38.1 Å². The highest BCUT2D eigenvalue weighted by molar-refractivity contribution is 7.92. The molecule has 0 fully saturated rings. The van der Waals surface area contributed by atoms with E-state index in [4.69, 9.17) is 0 Å². The number of hydrogen-bond donors (Lipinski definition) is 1. The second kappa shape index (κ2) is 9.85. The zero-order valence-electron chi connectivity index (χ0n) is 19.6. The predicted molar refractivity (Wildman–Crippen MR) is 129 cm³/mol. The minimum Gasteiger partial charge on any atom is -0.465 e. The monoisotopic (exact) mass is 531 g/mol. The van der Waals surface area contributed by atoms with Crippen molar-refractivity contribution in [3.05, 3.63) is 113 Å². The first kappa shape index (κ1) is 26.2. The van der Waals surface area contributed by atoms with Crippen molar-refractivity contribution < 1.29 is 35.5 Å². The van der Waals surface area contributed by atoms with Gasteiger partial charge in [0.1, 0.15) is 16.8 Å². The Morgan fingerprint density at radius 1 is 0.919 bits per heavy atom. The quantitative estimate of drug-likeness (QED) is 0.228. The Bertz CT molecular complexity index is 1530. The molecule has 4 rings (SSSR count). The molecule has 0 bridgehead atoms. The maximum Gasteiger partial charge on any atom is 0.432 e. The lowest BCUT2D eigenvalue weighted by molar-refractivity contribution is -0.141. The van der Waals surface area contributed by atoms with Crippen LogP contribution in [0.25, 0.3) is 11.1 Å². The molecule has 1 unspecified atom stereocenters. The van der Waals surface area contributed by atoms with Crippen molar-refractivity contribution in [2.24, 2.45) is 0 Å². The second-order valence-electron chi connectivity index (χ2n) is 8.31. The van der Waals surface area contributed by atoms with Gasteiger partial charge in [-0.25, -0.2) is 17.6 Å². The SMILES string of the molecule is COC(=O)c1c(C(F)(F)F)[nH]c(C(c2ccc(F)cc2)S(=O)(=O)c2ccc(C)cc2)c1-c1ccccc1. The number of ether oxygens (including phenoxy) is 1. The molecular formula is C27H21F4NO4S. The number of nitrogens with one attached hydrogen (secondary N) is 1. The van der Waals surface area contributed by atoms with Gasteiger partial charge in [-0.05, 0) is 42.3 Å². The zero-order valence-corrected chi connectivity index (χ0v) is 20.5. The van der Waals surface area contributed by atoms with Gasteiger partial charge in [0.15, 0.2) is 9.84 Å². The van der Waals surface area contributed by atoms with Gasteiger partial charge < -0.3 is 9.72 Å². The van der Waals surface area contributed by atoms with Crippen molar-refractivity contribution in [1.82, 2.24) is 4.98 Å². The zero-order chi connectivity index (χ0) is 27.0. The fourth-order valence-corrected chi connectivity index (χ4v) is 5.93. The van der Waals surface area contributed by atoms with Crippen LogP contribution in [-0.2, 0) is 20.8 Å². The number of rotatable bonds is 6. The fourth-order valence-electron chi connectivity index (χ4n) is 4.14. The molecule has 0 aliphatic heterocycles. The lowest BCUT2D eigenvalue weighted by atomic mass is 9.96. The molecule has 0 saturated carbocycles. The molecule has 0 saturated heterocycles. The number of carbonyl (C=O) groups excluding carboxylic acids is 1. The summed E-state index contributed by atoms with van der Waals surface area (Å²) in [5, 5.41) is -1.74. The number of sulfone groups is 1. The lowest BCUT2D eigenvalue weighted by Gasteiger charge is -2.20. The average Bonchev–Trinajstić information content (AvgIpc) is 3.26. The Kier molecular flexibility index (Phi) is 6.96. The summed E-state index contributed by atoms with van der Waals surface area (Å²) in [6.45, 7) is 1.75. The number of aromatic nitrogens is 1. The van der Waals surface area contributed by atoms with Gasteiger partial charge in [0.2, 0.25) is 0 Å². The smallest absolute Gasteiger partial charge is 0.432 e. The molecule has 5 nitrogen and oxygen atoms in total. The predicted octanol–water partition coefficient (Wildman–Crippen LogP) is 6.50. The van der Waals surface area contributed by atoms with Crippen molar-refractivity contribution in [1.29, 1.82) is 0 Å². The molecule has 0 aliphatic rings. The number of aromatic amines is 1. The first-order valence-electron chi connectivity index (χ1n) is 11.0. The summed E-state index contributed by atoms with van der Waals surface area (Å²) in [7, 11) is -3.49. The summed E-state index contributed by atoms with van der Waals surface area (Å²) in [5.41, 5.74) is -2.02. The average molecular weight is 532 g/mol. The molecule has 1 aromatic heterocycles. The number of aryl methyl sites for hydroxylation is 1. The summed E-state index contributed by atoms with van der Waals surface area (Å²) >= 11 is 0. The number of carbonyl (C=O) groups is 1. The van der Waals surface area contributed by atoms with Crippen LogP contribution in [0.5, 0.6) is 0 Å². The third-order valence-corrected chi connectivity index (χ3v) is 7.92. The van der Waals surface area contributed by atoms with E-state index < -0.39 is 50.0 Å². The summed E-state index contributed by atoms with van der Waals surface area (Å²) in [4.78, 5) is 14.8. The molecule has 1 N–H and O–H groups in total. The third-order valence-electron chi connectivity index (χ3n) is 5.86. The Morgan fingerprint density at radius 3 is 2.05 bits per heavy atom. The van der Waals surface area contributed by atoms with Gasteiger partial charge in [-0.2, -0.15) is 13.2 Å². The highest BCUT2D eigenvalue weighted by Crippen LogP contribution is 2.45. The van der Waals surface area contributed by atoms with Crippen molar-refractivity contribution in [2.75, 3.05) is 7.11 Å². The van der Waals surface area contributed by atoms with Gasteiger partial charge in [0, 0.05) is 11.3 Å². The summed E-state index contributed by atoms with van der Waals surface area (Å²) in [6, 6.07) is 17.8. The van der Waals surface area contributed by atoms with Gasteiger partial charge in [-0.3, -0.25) is 0 Å². The van der Waals surface area contributed by atoms with Gasteiger partial charge in [0.25, 0.3) is 0 Å². The Labute approximate surface area is 210 Å². The molecule has 37 heavy (non-hydrogen) atoms. The van der Waals surface area contributed by atoms with Crippen LogP contribution in [0.3, 0.4) is 0 Å². The second-order valence-corrected chi connectivity index (χ2v) is 10.3. The van der Waals surface area contributed by atoms with Crippen LogP contribution in [0.15, 0.2) is 83.8 Å². The number of H-pyrrole nitrogens is 1. The molecule has 0 aliphatic carbocycles. The number of esters is 1. The molecule has 3 aromatic carbocycles. The minimum absolute atomic E-state index is 0.00514. The van der Waals surface area contributed by atoms with Crippen LogP contribution < -0.4 is 0 Å². The first-order valence-corrected chi connectivity index (χ1v) is 12.5. The van der Waals surface area contributed by atoms with E-state index in [-0.39, 0.29) is 21.6 Å². The Morgan fingerprint density at radius 2 is 1.51 bits per heavy atom. The lowest BCUT2D eigenvalue weighted by Crippen LogP contribution is -2.17. The van der Waals surface area contributed by atoms with Crippen LogP contribution in [0.4, 0.5) is 17.6 Å². The largest absolute Gasteiger partial charge is 0.465 e. The molecule has 1 heterocycles. The van der Waals surface area contributed by atoms with Crippen molar-refractivity contribution in [3.8, 4) is 11.1 Å². The van der Waals surface area contributed by atoms with E-state index >= 15 is 0 Å². The maximum atomic E-state index is 14.2. The van der Waals surface area contributed by atoms with E-state index in [1.54, 1.807) is 37.3 Å². The van der Waals surface area contributed by atoms with Crippen molar-refractivity contribution in [2.45, 2.75) is 23.2 Å². The Hall–Kier alpha value is -3.92. The number of benzene rings is 3. The van der Waals surface area contributed by atoms with Gasteiger partial charge in [-0.15, -0.1) is 0 Å². The first-order chi connectivity index (χ1) is 17.4. The van der Waals surface area contributed by atoms with Crippen LogP contribution in [-0.4, -0.2) is 26.5 Å². The van der Waals surface area contributed by atoms with Crippen LogP contribution in [0.2, 0.25) is 0 Å². The van der Waals surface area contributed by atoms with Gasteiger partial charge in [-0.1, -0.05) is 60.2 Å². The maximum absolute atomic E-state index is 14.2. The fraction of sp³-hybridized carbons (Fsp3) is 0.148. The van der Waals surface area contributed by atoms with Crippen molar-refractivity contribution >= 4 is 15.8 Å². The van der Waals surface area contributed by atoms with E-state index in [9.17, 15) is 30.8 Å². The molecule has 0 amide bonds. The summed E-state index contributed by atoms with van der Waals surface area (Å²) < 4.78 is 89.1. The van der Waals surface area contributed by atoms with Gasteiger partial charge in [0.05, 0.1) is 17.6 Å². The standard InChI is InChI=1S/C27H21F4NO4S/c1-16-8-14-20(15-9-16)37(34,35)24(18-10-12-19(28)13-11-18)23-21(17-6-4-3-5-7-17)22(26(33)36-2)25(32-23)27(29,30)31/h3-15,24,32H,1-2H3. The highest BCUT2D eigenvalue weighted by Gasteiger charge is 2.44. The van der Waals surface area contributed by atoms with Crippen molar-refractivity contribution in [3.63, 3.8) is 0 Å². The molecule has 10 heteroatoms. The number of methoxy groups -OCH3 is 1. The molecule has 4 aromatic rings. The highest BCUT2D eigenvalue weighted by atomic mass is 32.2. The van der Waals surface area contributed by atoms with E-state index in [2.05, 4.69) is 9.72 Å². The molecule has 0 radical (unpaired) electrons. The van der Waals surface area contributed by atoms with Crippen LogP contribution >= 0.6 is 0 Å². The number of alkyl halides is 3. The molecule has 192 valence electrons. The molecular weight excluding hydrogens is 510 g/mol. The van der Waals surface area contributed by atoms with E-state index in [1.165, 1.54) is 36.4 Å². The topological polar surface area (TPSA) is 76.2 Å². The summed E-state index contributed by atoms with van der Waals surface area (Å²) in [5.74, 6) is -1.95. The minimum atomic E-state index is -5.05. The normalized spacial score (nSPS) is 12.8. The summed E-state index contributed by atoms with van der Waals surface area (Å²) in [6.07, 6.45) is -5.05. The van der Waals surface area contributed by atoms with E-state index in [1.807, 2.05) is 0 Å².